The zero-order valence-electron chi connectivity index (χ0n) is 17.5. The van der Waals surface area contributed by atoms with E-state index in [2.05, 4.69) is 4.98 Å². The Bertz CT molecular complexity index is 936. The lowest BCUT2D eigenvalue weighted by atomic mass is 10.0. The molecule has 1 aliphatic rings. The van der Waals surface area contributed by atoms with Gasteiger partial charge in [0, 0.05) is 38.4 Å². The van der Waals surface area contributed by atoms with Crippen LogP contribution in [0.4, 0.5) is 9.18 Å². The number of aromatic nitrogens is 1. The van der Waals surface area contributed by atoms with E-state index in [0.717, 1.165) is 23.1 Å². The summed E-state index contributed by atoms with van der Waals surface area (Å²) < 4.78 is 17.3. The fourth-order valence-electron chi connectivity index (χ4n) is 3.42. The maximum Gasteiger partial charge on any atom is 0.410 e. The number of ether oxygens (including phenoxy) is 1. The molecule has 1 N–H and O–H groups in total. The van der Waals surface area contributed by atoms with Crippen LogP contribution in [0.15, 0.2) is 79.1 Å². The topological polar surface area (TPSA) is 62.7 Å². The van der Waals surface area contributed by atoms with Crippen molar-refractivity contribution in [3.05, 3.63) is 90.5 Å². The lowest BCUT2D eigenvalue weighted by Crippen LogP contribution is -2.43. The van der Waals surface area contributed by atoms with Crippen LogP contribution in [0.25, 0.3) is 11.1 Å². The maximum atomic E-state index is 12.2. The van der Waals surface area contributed by atoms with E-state index in [0.29, 0.717) is 13.0 Å². The Morgan fingerprint density at radius 1 is 1.10 bits per heavy atom. The normalized spacial score (nSPS) is 16.7. The van der Waals surface area contributed by atoms with E-state index in [4.69, 9.17) is 9.84 Å². The van der Waals surface area contributed by atoms with Crippen molar-refractivity contribution in [2.75, 3.05) is 13.2 Å². The molecule has 0 aliphatic carbocycles. The first-order valence-corrected chi connectivity index (χ1v) is 10.4. The summed E-state index contributed by atoms with van der Waals surface area (Å²) >= 11 is 0. The SMILES string of the molecule is CC(c1ccc(-c2cccnc2)cc1)N1CCC(CCO)OC1=O.Fc1ccccc1. The van der Waals surface area contributed by atoms with Crippen LogP contribution in [0, 0.1) is 5.82 Å². The van der Waals surface area contributed by atoms with Gasteiger partial charge in [-0.15, -0.1) is 0 Å². The number of carbonyl (C=O) groups is 1. The lowest BCUT2D eigenvalue weighted by Gasteiger charge is -2.35. The van der Waals surface area contributed by atoms with Gasteiger partial charge in [0.05, 0.1) is 6.04 Å². The van der Waals surface area contributed by atoms with E-state index in [9.17, 15) is 9.18 Å². The predicted octanol–water partition coefficient (Wildman–Crippen LogP) is 5.23. The molecule has 1 fully saturated rings. The smallest absolute Gasteiger partial charge is 0.410 e. The van der Waals surface area contributed by atoms with Crippen LogP contribution in [0.1, 0.15) is 31.4 Å². The summed E-state index contributed by atoms with van der Waals surface area (Å²) in [4.78, 5) is 18.1. The molecule has 1 aromatic heterocycles. The molecular weight excluding hydrogens is 395 g/mol. The predicted molar refractivity (Wildman–Crippen MR) is 118 cm³/mol. The van der Waals surface area contributed by atoms with Gasteiger partial charge in [-0.05, 0) is 41.8 Å². The number of benzene rings is 2. The molecule has 1 aliphatic heterocycles. The van der Waals surface area contributed by atoms with Gasteiger partial charge in [0.1, 0.15) is 11.9 Å². The van der Waals surface area contributed by atoms with E-state index in [1.807, 2.05) is 49.5 Å². The number of hydrogen-bond acceptors (Lipinski definition) is 4. The molecule has 3 aromatic rings. The zero-order valence-corrected chi connectivity index (χ0v) is 17.5. The van der Waals surface area contributed by atoms with Crippen LogP contribution in [0.2, 0.25) is 0 Å². The number of cyclic esters (lactones) is 1. The van der Waals surface area contributed by atoms with Crippen LogP contribution in [0.3, 0.4) is 0 Å². The van der Waals surface area contributed by atoms with Crippen molar-refractivity contribution >= 4 is 6.09 Å². The Morgan fingerprint density at radius 2 is 1.84 bits per heavy atom. The summed E-state index contributed by atoms with van der Waals surface area (Å²) in [6.07, 6.45) is 4.38. The number of aliphatic hydroxyl groups excluding tert-OH is 1. The molecule has 0 spiro atoms. The van der Waals surface area contributed by atoms with Crippen molar-refractivity contribution in [2.45, 2.75) is 31.9 Å². The summed E-state index contributed by atoms with van der Waals surface area (Å²) in [6, 6.07) is 20.0. The average molecular weight is 423 g/mol. The number of nitrogens with zero attached hydrogens (tertiary/aromatic N) is 2. The highest BCUT2D eigenvalue weighted by atomic mass is 19.1. The Morgan fingerprint density at radius 3 is 2.39 bits per heavy atom. The Hall–Kier alpha value is -3.25. The van der Waals surface area contributed by atoms with Crippen molar-refractivity contribution in [2.24, 2.45) is 0 Å². The number of hydrogen-bond donors (Lipinski definition) is 1. The molecule has 31 heavy (non-hydrogen) atoms. The van der Waals surface area contributed by atoms with Crippen LogP contribution in [-0.2, 0) is 4.74 Å². The monoisotopic (exact) mass is 422 g/mol. The first-order chi connectivity index (χ1) is 15.1. The first-order valence-electron chi connectivity index (χ1n) is 10.4. The highest BCUT2D eigenvalue weighted by Gasteiger charge is 2.30. The summed E-state index contributed by atoms with van der Waals surface area (Å²) in [5, 5.41) is 8.97. The van der Waals surface area contributed by atoms with E-state index < -0.39 is 0 Å². The molecule has 2 unspecified atom stereocenters. The largest absolute Gasteiger partial charge is 0.446 e. The number of rotatable bonds is 5. The van der Waals surface area contributed by atoms with Gasteiger partial charge in [0.2, 0.25) is 0 Å². The number of halogens is 1. The molecular formula is C25H27FN2O3. The number of pyridine rings is 1. The molecule has 2 aromatic carbocycles. The minimum atomic E-state index is -0.302. The van der Waals surface area contributed by atoms with Crippen molar-refractivity contribution in [1.82, 2.24) is 9.88 Å². The molecule has 162 valence electrons. The van der Waals surface area contributed by atoms with Crippen LogP contribution in [-0.4, -0.2) is 40.3 Å². The molecule has 5 nitrogen and oxygen atoms in total. The van der Waals surface area contributed by atoms with E-state index in [1.165, 1.54) is 12.1 Å². The summed E-state index contributed by atoms with van der Waals surface area (Å²) in [5.41, 5.74) is 3.24. The van der Waals surface area contributed by atoms with Gasteiger partial charge in [0.25, 0.3) is 0 Å². The van der Waals surface area contributed by atoms with E-state index >= 15 is 0 Å². The molecule has 0 radical (unpaired) electrons. The molecule has 6 heteroatoms. The highest BCUT2D eigenvalue weighted by molar-refractivity contribution is 5.69. The molecule has 0 saturated carbocycles. The molecule has 4 rings (SSSR count). The van der Waals surface area contributed by atoms with Gasteiger partial charge in [-0.1, -0.05) is 48.5 Å². The van der Waals surface area contributed by atoms with Gasteiger partial charge in [0.15, 0.2) is 0 Å². The molecule has 0 bridgehead atoms. The number of aliphatic hydroxyl groups is 1. The zero-order chi connectivity index (χ0) is 22.1. The first kappa shape index (κ1) is 22.4. The fourth-order valence-corrected chi connectivity index (χ4v) is 3.42. The van der Waals surface area contributed by atoms with E-state index in [-0.39, 0.29) is 30.7 Å². The van der Waals surface area contributed by atoms with Gasteiger partial charge >= 0.3 is 6.09 Å². The quantitative estimate of drug-likeness (QED) is 0.612. The van der Waals surface area contributed by atoms with Gasteiger partial charge in [-0.2, -0.15) is 0 Å². The third-order valence-electron chi connectivity index (χ3n) is 5.23. The second kappa shape index (κ2) is 11.2. The van der Waals surface area contributed by atoms with Crippen molar-refractivity contribution in [1.29, 1.82) is 0 Å². The van der Waals surface area contributed by atoms with Crippen LogP contribution < -0.4 is 0 Å². The third kappa shape index (κ3) is 6.36. The Kier molecular flexibility index (Phi) is 8.12. The Labute approximate surface area is 182 Å². The fraction of sp³-hybridized carbons (Fsp3) is 0.280. The minimum absolute atomic E-state index is 0.0449. The molecule has 2 atom stereocenters. The minimum Gasteiger partial charge on any atom is -0.446 e. The van der Waals surface area contributed by atoms with Gasteiger partial charge < -0.3 is 14.7 Å². The summed E-state index contributed by atoms with van der Waals surface area (Å²) in [7, 11) is 0. The lowest BCUT2D eigenvalue weighted by molar-refractivity contribution is 0.00401. The van der Waals surface area contributed by atoms with Crippen LogP contribution in [0.5, 0.6) is 0 Å². The molecule has 1 amide bonds. The standard InChI is InChI=1S/C19H22N2O3.C6H5F/c1-14(21-11-8-18(9-12-22)24-19(21)23)15-4-6-16(7-5-15)17-3-2-10-20-13-17;7-6-4-2-1-3-5-6/h2-7,10,13-14,18,22H,8-9,11-12H2,1H3;1-5H. The Balaban J connectivity index is 0.000000330. The van der Waals surface area contributed by atoms with Crippen LogP contribution >= 0.6 is 0 Å². The second-order valence-corrected chi connectivity index (χ2v) is 7.34. The van der Waals surface area contributed by atoms with Crippen molar-refractivity contribution < 1.29 is 19.0 Å². The average Bonchev–Trinajstić information content (AvgIpc) is 2.81. The third-order valence-corrected chi connectivity index (χ3v) is 5.23. The van der Waals surface area contributed by atoms with Gasteiger partial charge in [-0.3, -0.25) is 4.98 Å². The van der Waals surface area contributed by atoms with E-state index in [1.54, 1.807) is 29.3 Å². The molecule has 2 heterocycles. The second-order valence-electron chi connectivity index (χ2n) is 7.34. The van der Waals surface area contributed by atoms with Gasteiger partial charge in [-0.25, -0.2) is 9.18 Å². The number of carbonyl (C=O) groups excluding carboxylic acids is 1. The van der Waals surface area contributed by atoms with Crippen molar-refractivity contribution in [3.63, 3.8) is 0 Å². The van der Waals surface area contributed by atoms with Crippen molar-refractivity contribution in [3.8, 4) is 11.1 Å². The maximum absolute atomic E-state index is 12.2. The summed E-state index contributed by atoms with van der Waals surface area (Å²) in [5.74, 6) is -0.178. The summed E-state index contributed by atoms with van der Waals surface area (Å²) in [6.45, 7) is 2.70. The number of amides is 1. The molecule has 1 saturated heterocycles. The highest BCUT2D eigenvalue weighted by Crippen LogP contribution is 2.28.